The third-order valence-corrected chi connectivity index (χ3v) is 0. The highest BCUT2D eigenvalue weighted by molar-refractivity contribution is 7.59. The summed E-state index contributed by atoms with van der Waals surface area (Å²) in [7, 11) is -2.17. The second kappa shape index (κ2) is 8.98. The maximum Gasteiger partial charge on any atom is 0.631 e. The third-order valence-electron chi connectivity index (χ3n) is 0. The van der Waals surface area contributed by atoms with E-state index in [-0.39, 0.29) is 19.6 Å². The Morgan fingerprint density at radius 2 is 1.00 bits per heavy atom. The Hall–Kier alpha value is 0.255. The van der Waals surface area contributed by atoms with Gasteiger partial charge in [-0.2, -0.15) is 13.5 Å². The van der Waals surface area contributed by atoms with Crippen LogP contribution in [-0.2, 0) is 0 Å². The van der Waals surface area contributed by atoms with Gasteiger partial charge >= 0.3 is 7.32 Å². The summed E-state index contributed by atoms with van der Waals surface area (Å²) >= 11 is 0. The minimum Gasteiger partial charge on any atom is -0.402 e. The first-order chi connectivity index (χ1) is 1.73. The second-order valence-electron chi connectivity index (χ2n) is 0.346. The van der Waals surface area contributed by atoms with Gasteiger partial charge in [-0.25, -0.2) is 0 Å². The maximum absolute atomic E-state index is 7.17. The summed E-state index contributed by atoms with van der Waals surface area (Å²) < 4.78 is 0. The third kappa shape index (κ3) is 694. The van der Waals surface area contributed by atoms with Gasteiger partial charge in [-0.1, -0.05) is 0 Å². The largest absolute Gasteiger partial charge is 0.631 e. The van der Waals surface area contributed by atoms with Gasteiger partial charge in [-0.05, 0) is 0 Å². The van der Waals surface area contributed by atoms with Crippen LogP contribution in [0.5, 0.6) is 0 Å². The quantitative estimate of drug-likeness (QED) is 0.279. The molecule has 0 aromatic carbocycles. The molecule has 0 bridgehead atoms. The molecule has 40 valence electrons. The minimum atomic E-state index is -2.17. The van der Waals surface area contributed by atoms with Gasteiger partial charge in [-0.3, -0.25) is 0 Å². The van der Waals surface area contributed by atoms with Crippen molar-refractivity contribution in [3.63, 3.8) is 0 Å². The zero-order chi connectivity index (χ0) is 3.58. The van der Waals surface area contributed by atoms with E-state index in [1.54, 1.807) is 0 Å². The SMILES string of the molecule is N.OB(O)O.S. The zero-order valence-electron chi connectivity index (χ0n) is 3.13. The zero-order valence-corrected chi connectivity index (χ0v) is 4.13. The molecule has 0 radical (unpaired) electrons. The molecule has 0 saturated carbocycles. The van der Waals surface area contributed by atoms with Gasteiger partial charge in [0.2, 0.25) is 0 Å². The van der Waals surface area contributed by atoms with E-state index in [0.717, 1.165) is 0 Å². The van der Waals surface area contributed by atoms with Crippen LogP contribution in [0.25, 0.3) is 0 Å². The molecule has 0 aliphatic heterocycles. The van der Waals surface area contributed by atoms with E-state index < -0.39 is 7.32 Å². The molecule has 0 spiro atoms. The predicted octanol–water partition coefficient (Wildman–Crippen LogP) is -1.78. The van der Waals surface area contributed by atoms with Crippen molar-refractivity contribution in [2.45, 2.75) is 0 Å². The fourth-order valence-electron chi connectivity index (χ4n) is 0. The predicted molar refractivity (Wildman–Crippen MR) is 27.8 cm³/mol. The van der Waals surface area contributed by atoms with Crippen LogP contribution in [-0.4, -0.2) is 22.4 Å². The molecular formula is H8BNO3S. The fourth-order valence-corrected chi connectivity index (χ4v) is 0. The van der Waals surface area contributed by atoms with Crippen LogP contribution < -0.4 is 6.15 Å². The highest BCUT2D eigenvalue weighted by Gasteiger charge is 1.92. The van der Waals surface area contributed by atoms with Crippen LogP contribution in [0.15, 0.2) is 0 Å². The highest BCUT2D eigenvalue weighted by atomic mass is 32.1. The van der Waals surface area contributed by atoms with Gasteiger partial charge in [0.1, 0.15) is 0 Å². The highest BCUT2D eigenvalue weighted by Crippen LogP contribution is 1.40. The number of rotatable bonds is 0. The van der Waals surface area contributed by atoms with Crippen LogP contribution in [0.2, 0.25) is 0 Å². The summed E-state index contributed by atoms with van der Waals surface area (Å²) in [6.07, 6.45) is 0. The minimum absolute atomic E-state index is 0. The molecule has 0 atom stereocenters. The molecule has 4 nitrogen and oxygen atoms in total. The van der Waals surface area contributed by atoms with Crippen molar-refractivity contribution in [1.82, 2.24) is 6.15 Å². The molecule has 0 aliphatic carbocycles. The second-order valence-corrected chi connectivity index (χ2v) is 0.346. The van der Waals surface area contributed by atoms with Crippen molar-refractivity contribution in [3.8, 4) is 0 Å². The summed E-state index contributed by atoms with van der Waals surface area (Å²) in [5.74, 6) is 0. The van der Waals surface area contributed by atoms with E-state index in [4.69, 9.17) is 15.1 Å². The molecule has 0 aromatic rings. The van der Waals surface area contributed by atoms with Crippen molar-refractivity contribution in [2.75, 3.05) is 0 Å². The van der Waals surface area contributed by atoms with Gasteiger partial charge in [0.25, 0.3) is 0 Å². The number of hydrogen-bond donors (Lipinski definition) is 4. The summed E-state index contributed by atoms with van der Waals surface area (Å²) in [6, 6.07) is 0. The van der Waals surface area contributed by atoms with E-state index in [2.05, 4.69) is 0 Å². The molecular weight excluding hydrogens is 105 g/mol. The van der Waals surface area contributed by atoms with Crippen molar-refractivity contribution in [3.05, 3.63) is 0 Å². The lowest BCUT2D eigenvalue weighted by Gasteiger charge is -1.69. The van der Waals surface area contributed by atoms with Crippen LogP contribution in [0.4, 0.5) is 0 Å². The normalized spacial score (nSPS) is 4.50. The van der Waals surface area contributed by atoms with Gasteiger partial charge in [-0.15, -0.1) is 0 Å². The molecule has 0 rings (SSSR count). The van der Waals surface area contributed by atoms with Crippen molar-refractivity contribution in [2.24, 2.45) is 0 Å². The molecule has 0 heterocycles. The summed E-state index contributed by atoms with van der Waals surface area (Å²) in [5.41, 5.74) is 0. The average molecular weight is 113 g/mol. The Morgan fingerprint density at radius 3 is 1.00 bits per heavy atom. The Morgan fingerprint density at radius 1 is 1.00 bits per heavy atom. The Labute approximate surface area is 43.0 Å². The summed E-state index contributed by atoms with van der Waals surface area (Å²) in [5, 5.41) is 21.5. The summed E-state index contributed by atoms with van der Waals surface area (Å²) in [4.78, 5) is 0. The average Bonchev–Trinajstić information content (AvgIpc) is 0.811. The first kappa shape index (κ1) is 16.3. The van der Waals surface area contributed by atoms with Gasteiger partial charge in [0.15, 0.2) is 0 Å². The molecule has 6 N–H and O–H groups in total. The standard InChI is InChI=1S/BH3O3.H3N.H2S/c2-1(3)4;;/h2-4H;1H3;1H2. The lowest BCUT2D eigenvalue weighted by molar-refractivity contribution is 0.278. The smallest absolute Gasteiger partial charge is 0.402 e. The molecule has 6 heteroatoms. The first-order valence-electron chi connectivity index (χ1n) is 0.775. The van der Waals surface area contributed by atoms with Crippen LogP contribution in [0.1, 0.15) is 0 Å². The molecule has 0 saturated heterocycles. The Kier molecular flexibility index (Phi) is 24.4. The van der Waals surface area contributed by atoms with E-state index in [0.29, 0.717) is 0 Å². The summed E-state index contributed by atoms with van der Waals surface area (Å²) in [6.45, 7) is 0. The van der Waals surface area contributed by atoms with Crippen molar-refractivity contribution < 1.29 is 15.1 Å². The molecule has 0 amide bonds. The Balaban J connectivity index is -0.0000000450. The molecule has 0 unspecified atom stereocenters. The van der Waals surface area contributed by atoms with Crippen LogP contribution in [0.3, 0.4) is 0 Å². The van der Waals surface area contributed by atoms with E-state index >= 15 is 0 Å². The van der Waals surface area contributed by atoms with Gasteiger partial charge in [0.05, 0.1) is 0 Å². The van der Waals surface area contributed by atoms with Gasteiger partial charge < -0.3 is 21.2 Å². The van der Waals surface area contributed by atoms with E-state index in [1.807, 2.05) is 0 Å². The molecule has 0 aromatic heterocycles. The van der Waals surface area contributed by atoms with Crippen LogP contribution in [0, 0.1) is 0 Å². The monoisotopic (exact) mass is 113 g/mol. The van der Waals surface area contributed by atoms with Crippen molar-refractivity contribution in [1.29, 1.82) is 0 Å². The maximum atomic E-state index is 7.17. The molecule has 0 aliphatic rings. The lowest BCUT2D eigenvalue weighted by atomic mass is 10.3. The van der Waals surface area contributed by atoms with Crippen LogP contribution >= 0.6 is 13.5 Å². The topological polar surface area (TPSA) is 95.7 Å². The first-order valence-corrected chi connectivity index (χ1v) is 0.775. The fraction of sp³-hybridized carbons (Fsp3) is 0. The van der Waals surface area contributed by atoms with E-state index in [1.165, 1.54) is 0 Å². The van der Waals surface area contributed by atoms with E-state index in [9.17, 15) is 0 Å². The molecule has 0 fully saturated rings. The Bertz CT molecular complexity index is 15.5. The van der Waals surface area contributed by atoms with Crippen molar-refractivity contribution >= 4 is 20.8 Å². The number of hydrogen-bond acceptors (Lipinski definition) is 4. The lowest BCUT2D eigenvalue weighted by Crippen LogP contribution is -2.07. The van der Waals surface area contributed by atoms with Gasteiger partial charge in [0, 0.05) is 0 Å². The molecule has 6 heavy (non-hydrogen) atoms.